The lowest BCUT2D eigenvalue weighted by Gasteiger charge is -2.18. The van der Waals surface area contributed by atoms with E-state index in [1.54, 1.807) is 13.0 Å². The molecule has 0 amide bonds. The molecule has 1 fully saturated rings. The Balaban J connectivity index is 2.14. The smallest absolute Gasteiger partial charge is 0.345 e. The monoisotopic (exact) mass is 343 g/mol. The van der Waals surface area contributed by atoms with Crippen molar-refractivity contribution in [2.24, 2.45) is 5.92 Å². The molecular weight excluding hydrogens is 330 g/mol. The third-order valence-corrected chi connectivity index (χ3v) is 3.79. The Bertz CT molecular complexity index is 527. The largest absolute Gasteiger partial charge is 0.459 e. The van der Waals surface area contributed by atoms with Gasteiger partial charge in [-0.05, 0) is 25.5 Å². The molecule has 1 aromatic carbocycles. The van der Waals surface area contributed by atoms with E-state index in [4.69, 9.17) is 9.47 Å². The number of esters is 1. The number of carbonyl (C=O) groups is 1. The predicted octanol–water partition coefficient (Wildman–Crippen LogP) is 2.94. The number of nitrogens with zero attached hydrogens (tertiary/aromatic N) is 1. The molecule has 0 unspecified atom stereocenters. The Labute approximate surface area is 124 Å². The van der Waals surface area contributed by atoms with Gasteiger partial charge in [0.25, 0.3) is 5.69 Å². The van der Waals surface area contributed by atoms with Gasteiger partial charge in [0.1, 0.15) is 11.7 Å². The molecule has 7 heteroatoms. The number of ether oxygens (including phenoxy) is 2. The van der Waals surface area contributed by atoms with Crippen molar-refractivity contribution in [2.45, 2.75) is 19.4 Å². The number of benzene rings is 1. The van der Waals surface area contributed by atoms with Crippen molar-refractivity contribution in [1.82, 2.24) is 0 Å². The van der Waals surface area contributed by atoms with E-state index in [1.807, 2.05) is 0 Å². The molecule has 108 valence electrons. The topological polar surface area (TPSA) is 78.7 Å². The maximum atomic E-state index is 12.1. The average Bonchev–Trinajstić information content (AvgIpc) is 2.92. The number of carbonyl (C=O) groups excluding carboxylic acids is 1. The van der Waals surface area contributed by atoms with Crippen LogP contribution in [0, 0.1) is 16.0 Å². The van der Waals surface area contributed by atoms with E-state index in [0.717, 1.165) is 6.42 Å². The normalized spacial score (nSPS) is 19.6. The van der Waals surface area contributed by atoms with Gasteiger partial charge in [0.05, 0.1) is 11.5 Å². The Kier molecular flexibility index (Phi) is 4.72. The van der Waals surface area contributed by atoms with Crippen molar-refractivity contribution in [1.29, 1.82) is 0 Å². The van der Waals surface area contributed by atoms with Crippen LogP contribution in [0.25, 0.3) is 0 Å². The van der Waals surface area contributed by atoms with Crippen LogP contribution in [0.4, 0.5) is 5.69 Å². The minimum Gasteiger partial charge on any atom is -0.459 e. The number of nitro groups is 1. The van der Waals surface area contributed by atoms with Gasteiger partial charge in [0.15, 0.2) is 0 Å². The quantitative estimate of drug-likeness (QED) is 0.477. The summed E-state index contributed by atoms with van der Waals surface area (Å²) in [5.41, 5.74) is -0.303. The molecule has 2 atom stereocenters. The first kappa shape index (κ1) is 14.9. The molecule has 1 aliphatic heterocycles. The van der Waals surface area contributed by atoms with Gasteiger partial charge < -0.3 is 9.47 Å². The Morgan fingerprint density at radius 1 is 1.60 bits per heavy atom. The van der Waals surface area contributed by atoms with Crippen LogP contribution in [-0.4, -0.2) is 30.2 Å². The predicted molar refractivity (Wildman–Crippen MR) is 74.6 cm³/mol. The van der Waals surface area contributed by atoms with Crippen LogP contribution in [0.15, 0.2) is 22.7 Å². The summed E-state index contributed by atoms with van der Waals surface area (Å²) in [5.74, 6) is -0.531. The summed E-state index contributed by atoms with van der Waals surface area (Å²) in [4.78, 5) is 22.5. The molecule has 0 bridgehead atoms. The molecule has 1 aliphatic rings. The Morgan fingerprint density at radius 3 is 2.95 bits per heavy atom. The second-order valence-corrected chi connectivity index (χ2v) is 5.57. The lowest BCUT2D eigenvalue weighted by atomic mass is 10.0. The van der Waals surface area contributed by atoms with Gasteiger partial charge in [0, 0.05) is 23.1 Å². The average molecular weight is 344 g/mol. The lowest BCUT2D eigenvalue weighted by Crippen LogP contribution is -2.24. The van der Waals surface area contributed by atoms with Crippen LogP contribution in [0.1, 0.15) is 23.7 Å². The summed E-state index contributed by atoms with van der Waals surface area (Å²) in [5, 5.41) is 11.0. The third kappa shape index (κ3) is 3.34. The van der Waals surface area contributed by atoms with Gasteiger partial charge in [-0.2, -0.15) is 0 Å². The van der Waals surface area contributed by atoms with Gasteiger partial charge in [-0.3, -0.25) is 10.1 Å². The molecule has 0 spiro atoms. The van der Waals surface area contributed by atoms with Crippen molar-refractivity contribution in [2.75, 3.05) is 13.2 Å². The molecule has 6 nitrogen and oxygen atoms in total. The molecular formula is C13H14BrNO5. The fourth-order valence-electron chi connectivity index (χ4n) is 2.08. The van der Waals surface area contributed by atoms with E-state index in [1.165, 1.54) is 12.1 Å². The van der Waals surface area contributed by atoms with E-state index in [9.17, 15) is 14.9 Å². The van der Waals surface area contributed by atoms with Crippen LogP contribution >= 0.6 is 15.9 Å². The summed E-state index contributed by atoms with van der Waals surface area (Å²) in [6.45, 7) is 2.99. The molecule has 0 aliphatic carbocycles. The van der Waals surface area contributed by atoms with Crippen molar-refractivity contribution in [3.05, 3.63) is 38.3 Å². The SMILES string of the molecule is C[C@H](OC(=O)c1ccc(Br)cc1[N+](=O)[O-])[C@@H]1CCOC1. The van der Waals surface area contributed by atoms with E-state index in [2.05, 4.69) is 15.9 Å². The number of hydrogen-bond acceptors (Lipinski definition) is 5. The Hall–Kier alpha value is -1.47. The molecule has 20 heavy (non-hydrogen) atoms. The van der Waals surface area contributed by atoms with Gasteiger partial charge in [-0.1, -0.05) is 15.9 Å². The molecule has 0 aromatic heterocycles. The highest BCUT2D eigenvalue weighted by atomic mass is 79.9. The standard InChI is InChI=1S/C13H14BrNO5/c1-8(9-4-5-19-7-9)20-13(16)11-3-2-10(14)6-12(11)15(17)18/h2-3,6,8-9H,4-5,7H2,1H3/t8-,9+/m0/s1. The fraction of sp³-hybridized carbons (Fsp3) is 0.462. The summed E-state index contributed by atoms with van der Waals surface area (Å²) < 4.78 is 11.1. The van der Waals surface area contributed by atoms with Gasteiger partial charge in [-0.25, -0.2) is 4.79 Å². The number of halogens is 1. The molecule has 1 heterocycles. The zero-order chi connectivity index (χ0) is 14.7. The second kappa shape index (κ2) is 6.32. The third-order valence-electron chi connectivity index (χ3n) is 3.30. The van der Waals surface area contributed by atoms with Crippen molar-refractivity contribution in [3.63, 3.8) is 0 Å². The highest BCUT2D eigenvalue weighted by Crippen LogP contribution is 2.26. The van der Waals surface area contributed by atoms with E-state index in [-0.39, 0.29) is 23.3 Å². The fourth-order valence-corrected chi connectivity index (χ4v) is 2.43. The Morgan fingerprint density at radius 2 is 2.35 bits per heavy atom. The van der Waals surface area contributed by atoms with Crippen LogP contribution in [0.3, 0.4) is 0 Å². The molecule has 0 saturated carbocycles. The van der Waals surface area contributed by atoms with E-state index < -0.39 is 10.9 Å². The number of hydrogen-bond donors (Lipinski definition) is 0. The summed E-state index contributed by atoms with van der Waals surface area (Å²) in [6, 6.07) is 4.26. The van der Waals surface area contributed by atoms with Crippen LogP contribution in [-0.2, 0) is 9.47 Å². The van der Waals surface area contributed by atoms with E-state index >= 15 is 0 Å². The highest BCUT2D eigenvalue weighted by Gasteiger charge is 2.28. The summed E-state index contributed by atoms with van der Waals surface area (Å²) in [6.07, 6.45) is 0.505. The molecule has 1 saturated heterocycles. The molecule has 1 aromatic rings. The molecule has 0 N–H and O–H groups in total. The minimum absolute atomic E-state index is 0.0380. The van der Waals surface area contributed by atoms with Gasteiger partial charge >= 0.3 is 5.97 Å². The van der Waals surface area contributed by atoms with Crippen LogP contribution < -0.4 is 0 Å². The lowest BCUT2D eigenvalue weighted by molar-refractivity contribution is -0.385. The summed E-state index contributed by atoms with van der Waals surface area (Å²) in [7, 11) is 0. The number of rotatable bonds is 4. The maximum absolute atomic E-state index is 12.1. The minimum atomic E-state index is -0.677. The second-order valence-electron chi connectivity index (χ2n) is 4.65. The van der Waals surface area contributed by atoms with Crippen molar-refractivity contribution < 1.29 is 19.2 Å². The van der Waals surface area contributed by atoms with Crippen LogP contribution in [0.5, 0.6) is 0 Å². The highest BCUT2D eigenvalue weighted by molar-refractivity contribution is 9.10. The first-order chi connectivity index (χ1) is 9.49. The summed E-state index contributed by atoms with van der Waals surface area (Å²) >= 11 is 3.15. The van der Waals surface area contributed by atoms with Gasteiger partial charge in [0.2, 0.25) is 0 Å². The van der Waals surface area contributed by atoms with E-state index in [0.29, 0.717) is 17.7 Å². The molecule has 2 rings (SSSR count). The zero-order valence-electron chi connectivity index (χ0n) is 10.9. The zero-order valence-corrected chi connectivity index (χ0v) is 12.5. The first-order valence-electron chi connectivity index (χ1n) is 6.21. The molecule has 0 radical (unpaired) electrons. The van der Waals surface area contributed by atoms with Crippen molar-refractivity contribution in [3.8, 4) is 0 Å². The van der Waals surface area contributed by atoms with Gasteiger partial charge in [-0.15, -0.1) is 0 Å². The van der Waals surface area contributed by atoms with Crippen LogP contribution in [0.2, 0.25) is 0 Å². The number of nitro benzene ring substituents is 1. The van der Waals surface area contributed by atoms with Crippen molar-refractivity contribution >= 4 is 27.6 Å². The maximum Gasteiger partial charge on any atom is 0.345 e. The first-order valence-corrected chi connectivity index (χ1v) is 7.01.